The third kappa shape index (κ3) is 3.19. The highest BCUT2D eigenvalue weighted by Crippen LogP contribution is 2.10. The van der Waals surface area contributed by atoms with Gasteiger partial charge in [-0.05, 0) is 25.5 Å². The van der Waals surface area contributed by atoms with E-state index in [0.717, 1.165) is 11.6 Å². The van der Waals surface area contributed by atoms with Gasteiger partial charge in [-0.25, -0.2) is 14.3 Å². The molecule has 0 bridgehead atoms. The average Bonchev–Trinajstić information content (AvgIpc) is 2.81. The second kappa shape index (κ2) is 6.08. The quantitative estimate of drug-likeness (QED) is 0.687. The first-order chi connectivity index (χ1) is 10.0. The number of hydrogen-bond acceptors (Lipinski definition) is 5. The summed E-state index contributed by atoms with van der Waals surface area (Å²) in [5, 5.41) is 2.61. The van der Waals surface area contributed by atoms with Gasteiger partial charge in [-0.1, -0.05) is 18.2 Å². The van der Waals surface area contributed by atoms with Crippen molar-refractivity contribution in [2.75, 3.05) is 6.61 Å². The lowest BCUT2D eigenvalue weighted by Crippen LogP contribution is -2.15. The summed E-state index contributed by atoms with van der Waals surface area (Å²) in [7, 11) is 0. The van der Waals surface area contributed by atoms with E-state index >= 15 is 0 Å². The van der Waals surface area contributed by atoms with Crippen LogP contribution in [-0.4, -0.2) is 28.5 Å². The number of H-pyrrole nitrogens is 1. The molecule has 0 saturated heterocycles. The van der Waals surface area contributed by atoms with E-state index in [4.69, 9.17) is 0 Å². The molecule has 1 aromatic heterocycles. The zero-order chi connectivity index (χ0) is 15.4. The van der Waals surface area contributed by atoms with Gasteiger partial charge in [0.2, 0.25) is 0 Å². The minimum absolute atomic E-state index is 0.0901. The van der Waals surface area contributed by atoms with Crippen molar-refractivity contribution in [1.29, 1.82) is 0 Å². The van der Waals surface area contributed by atoms with Gasteiger partial charge >= 0.3 is 12.1 Å². The topological polar surface area (TPSA) is 90.4 Å². The number of hydrogen-bond donors (Lipinski definition) is 1. The molecule has 110 valence electrons. The number of aryl methyl sites for hydroxylation is 1. The first-order valence-corrected chi connectivity index (χ1v) is 6.30. The summed E-state index contributed by atoms with van der Waals surface area (Å²) in [5.74, 6) is -0.974. The number of aromatic nitrogens is 2. The third-order valence-electron chi connectivity index (χ3n) is 2.73. The lowest BCUT2D eigenvalue weighted by molar-refractivity contribution is 0.0396. The minimum Gasteiger partial charge on any atom is -0.434 e. The Labute approximate surface area is 120 Å². The number of ether oxygens (including phenoxy) is 2. The summed E-state index contributed by atoms with van der Waals surface area (Å²) < 4.78 is 10.1. The molecule has 0 aliphatic heterocycles. The fourth-order valence-electron chi connectivity index (χ4n) is 1.77. The van der Waals surface area contributed by atoms with Gasteiger partial charge < -0.3 is 9.47 Å². The third-order valence-corrected chi connectivity index (χ3v) is 2.73. The maximum absolute atomic E-state index is 11.9. The van der Waals surface area contributed by atoms with Crippen LogP contribution in [0.15, 0.2) is 35.1 Å². The second-order valence-electron chi connectivity index (χ2n) is 4.20. The summed E-state index contributed by atoms with van der Waals surface area (Å²) in [6.07, 6.45) is -1.10. The second-order valence-corrected chi connectivity index (χ2v) is 4.20. The summed E-state index contributed by atoms with van der Waals surface area (Å²) in [5.41, 5.74) is 0.904. The number of benzene rings is 1. The zero-order valence-electron chi connectivity index (χ0n) is 11.6. The Hall–Kier alpha value is -2.83. The van der Waals surface area contributed by atoms with Gasteiger partial charge in [-0.2, -0.15) is 0 Å². The number of rotatable bonds is 3. The smallest absolute Gasteiger partial charge is 0.434 e. The van der Waals surface area contributed by atoms with E-state index in [2.05, 4.69) is 14.6 Å². The molecule has 1 aromatic carbocycles. The van der Waals surface area contributed by atoms with E-state index in [-0.39, 0.29) is 12.3 Å². The number of esters is 1. The Bertz CT molecular complexity index is 729. The van der Waals surface area contributed by atoms with Crippen LogP contribution in [-0.2, 0) is 9.47 Å². The van der Waals surface area contributed by atoms with Gasteiger partial charge in [0.25, 0.3) is 5.56 Å². The Balaban J connectivity index is 2.28. The number of nitrogens with zero attached hydrogens (tertiary/aromatic N) is 1. The Kier molecular flexibility index (Phi) is 4.22. The molecule has 7 heteroatoms. The normalized spacial score (nSPS) is 10.2. The first-order valence-electron chi connectivity index (χ1n) is 6.30. The molecule has 0 aliphatic carbocycles. The standard InChI is InChI=1S/C14H14N2O5/c1-3-20-14(19)21-13(18)10-8-12(17)16(15-10)11-7-5-4-6-9(11)2/h4-8,15H,3H2,1-2H3. The largest absolute Gasteiger partial charge is 0.516 e. The van der Waals surface area contributed by atoms with E-state index in [1.807, 2.05) is 19.1 Å². The molecule has 0 spiro atoms. The number of aromatic amines is 1. The monoisotopic (exact) mass is 290 g/mol. The zero-order valence-corrected chi connectivity index (χ0v) is 11.6. The first kappa shape index (κ1) is 14.6. The summed E-state index contributed by atoms with van der Waals surface area (Å²) >= 11 is 0. The number of para-hydroxylation sites is 1. The number of carbonyl (C=O) groups is 2. The molecule has 2 rings (SSSR count). The van der Waals surface area contributed by atoms with Crippen molar-refractivity contribution in [3.05, 3.63) is 51.9 Å². The molecule has 0 fully saturated rings. The predicted molar refractivity (Wildman–Crippen MR) is 73.6 cm³/mol. The van der Waals surface area contributed by atoms with Crippen LogP contribution in [0.1, 0.15) is 23.0 Å². The van der Waals surface area contributed by atoms with Crippen molar-refractivity contribution in [3.63, 3.8) is 0 Å². The fraction of sp³-hybridized carbons (Fsp3) is 0.214. The molecule has 0 atom stereocenters. The maximum atomic E-state index is 11.9. The van der Waals surface area contributed by atoms with Crippen molar-refractivity contribution in [1.82, 2.24) is 9.78 Å². The Morgan fingerprint density at radius 3 is 2.67 bits per heavy atom. The maximum Gasteiger partial charge on any atom is 0.516 e. The molecule has 7 nitrogen and oxygen atoms in total. The van der Waals surface area contributed by atoms with E-state index in [0.29, 0.717) is 5.69 Å². The van der Waals surface area contributed by atoms with Crippen LogP contribution in [0, 0.1) is 6.92 Å². The molecule has 1 heterocycles. The van der Waals surface area contributed by atoms with Gasteiger partial charge in [0.05, 0.1) is 12.3 Å². The molecule has 0 unspecified atom stereocenters. The molecule has 0 radical (unpaired) electrons. The summed E-state index contributed by atoms with van der Waals surface area (Å²) in [6.45, 7) is 3.51. The highest BCUT2D eigenvalue weighted by Gasteiger charge is 2.18. The molecule has 0 saturated carbocycles. The fourth-order valence-corrected chi connectivity index (χ4v) is 1.77. The molecule has 21 heavy (non-hydrogen) atoms. The van der Waals surface area contributed by atoms with Gasteiger partial charge in [0.15, 0.2) is 0 Å². The van der Waals surface area contributed by atoms with E-state index in [1.165, 1.54) is 4.68 Å². The van der Waals surface area contributed by atoms with Crippen molar-refractivity contribution in [2.45, 2.75) is 13.8 Å². The van der Waals surface area contributed by atoms with Crippen molar-refractivity contribution in [3.8, 4) is 5.69 Å². The molecule has 1 N–H and O–H groups in total. The van der Waals surface area contributed by atoms with Crippen LogP contribution < -0.4 is 5.56 Å². The highest BCUT2D eigenvalue weighted by atomic mass is 16.7. The molecule has 0 amide bonds. The number of nitrogens with one attached hydrogen (secondary N) is 1. The van der Waals surface area contributed by atoms with Crippen LogP contribution in [0.25, 0.3) is 5.69 Å². The Morgan fingerprint density at radius 2 is 2.00 bits per heavy atom. The van der Waals surface area contributed by atoms with Crippen LogP contribution in [0.3, 0.4) is 0 Å². The van der Waals surface area contributed by atoms with Gasteiger partial charge in [0, 0.05) is 6.07 Å². The van der Waals surface area contributed by atoms with Crippen molar-refractivity contribution in [2.24, 2.45) is 0 Å². The van der Waals surface area contributed by atoms with Crippen LogP contribution in [0.5, 0.6) is 0 Å². The van der Waals surface area contributed by atoms with E-state index in [1.54, 1.807) is 19.1 Å². The van der Waals surface area contributed by atoms with Gasteiger partial charge in [0.1, 0.15) is 5.69 Å². The summed E-state index contributed by atoms with van der Waals surface area (Å²) in [4.78, 5) is 34.7. The van der Waals surface area contributed by atoms with Crippen LogP contribution in [0.4, 0.5) is 4.79 Å². The summed E-state index contributed by atoms with van der Waals surface area (Å²) in [6, 6.07) is 8.23. The Morgan fingerprint density at radius 1 is 1.29 bits per heavy atom. The average molecular weight is 290 g/mol. The van der Waals surface area contributed by atoms with Gasteiger partial charge in [-0.3, -0.25) is 9.89 Å². The lowest BCUT2D eigenvalue weighted by atomic mass is 10.2. The van der Waals surface area contributed by atoms with E-state index in [9.17, 15) is 14.4 Å². The predicted octanol–water partition coefficient (Wildman–Crippen LogP) is 1.79. The SMILES string of the molecule is CCOC(=O)OC(=O)c1cc(=O)n(-c2ccccc2C)[nH]1. The van der Waals surface area contributed by atoms with Gasteiger partial charge in [-0.15, -0.1) is 0 Å². The molecular formula is C14H14N2O5. The highest BCUT2D eigenvalue weighted by molar-refractivity contribution is 5.93. The molecular weight excluding hydrogens is 276 g/mol. The van der Waals surface area contributed by atoms with Crippen LogP contribution >= 0.6 is 0 Å². The molecule has 0 aliphatic rings. The van der Waals surface area contributed by atoms with Crippen molar-refractivity contribution >= 4 is 12.1 Å². The van der Waals surface area contributed by atoms with Crippen molar-refractivity contribution < 1.29 is 19.1 Å². The van der Waals surface area contributed by atoms with E-state index < -0.39 is 17.7 Å². The molecule has 2 aromatic rings. The lowest BCUT2D eigenvalue weighted by Gasteiger charge is -2.05. The van der Waals surface area contributed by atoms with Crippen LogP contribution in [0.2, 0.25) is 0 Å². The minimum atomic E-state index is -1.10. The number of carbonyl (C=O) groups excluding carboxylic acids is 2.